The number of hydrogen-bond acceptors (Lipinski definition) is 3. The molecule has 0 bridgehead atoms. The van der Waals surface area contributed by atoms with Crippen molar-refractivity contribution in [1.29, 1.82) is 0 Å². The predicted molar refractivity (Wildman–Crippen MR) is 75.4 cm³/mol. The van der Waals surface area contributed by atoms with Crippen LogP contribution in [0.3, 0.4) is 0 Å². The highest BCUT2D eigenvalue weighted by Crippen LogP contribution is 2.36. The molecule has 0 unspecified atom stereocenters. The van der Waals surface area contributed by atoms with Gasteiger partial charge in [0.1, 0.15) is 0 Å². The predicted octanol–water partition coefficient (Wildman–Crippen LogP) is 4.16. The van der Waals surface area contributed by atoms with Crippen LogP contribution in [0.25, 0.3) is 31.1 Å². The molecule has 2 aromatic carbocycles. The summed E-state index contributed by atoms with van der Waals surface area (Å²) >= 11 is 1.67. The van der Waals surface area contributed by atoms with Gasteiger partial charge in [0.2, 0.25) is 0 Å². The van der Waals surface area contributed by atoms with Gasteiger partial charge in [-0.2, -0.15) is 0 Å². The smallest absolute Gasteiger partial charge is 0.344 e. The van der Waals surface area contributed by atoms with Crippen molar-refractivity contribution >= 4 is 42.5 Å². The van der Waals surface area contributed by atoms with Crippen LogP contribution in [0.15, 0.2) is 57.7 Å². The van der Waals surface area contributed by atoms with Crippen LogP contribution < -0.4 is 5.63 Å². The van der Waals surface area contributed by atoms with E-state index >= 15 is 0 Å². The molecule has 0 N–H and O–H groups in total. The Kier molecular flexibility index (Phi) is 1.88. The van der Waals surface area contributed by atoms with E-state index in [0.29, 0.717) is 11.0 Å². The lowest BCUT2D eigenvalue weighted by molar-refractivity contribution is 0.573. The molecule has 0 saturated carbocycles. The number of benzene rings is 2. The summed E-state index contributed by atoms with van der Waals surface area (Å²) in [6, 6.07) is 15.6. The van der Waals surface area contributed by atoms with Crippen LogP contribution in [0, 0.1) is 0 Å². The Morgan fingerprint density at radius 3 is 2.33 bits per heavy atom. The first-order chi connectivity index (χ1) is 8.84. The molecule has 18 heavy (non-hydrogen) atoms. The Morgan fingerprint density at radius 1 is 0.833 bits per heavy atom. The second-order valence-corrected chi connectivity index (χ2v) is 5.24. The van der Waals surface area contributed by atoms with Gasteiger partial charge in [0, 0.05) is 15.5 Å². The van der Waals surface area contributed by atoms with Crippen molar-refractivity contribution in [2.45, 2.75) is 0 Å². The van der Waals surface area contributed by atoms with Crippen LogP contribution in [0.2, 0.25) is 0 Å². The first-order valence-corrected chi connectivity index (χ1v) is 6.49. The molecular weight excluding hydrogens is 244 g/mol. The fourth-order valence-electron chi connectivity index (χ4n) is 2.31. The molecule has 0 amide bonds. The van der Waals surface area contributed by atoms with Crippen molar-refractivity contribution < 1.29 is 4.42 Å². The molecule has 0 spiro atoms. The quantitative estimate of drug-likeness (QED) is 0.470. The molecule has 4 rings (SSSR count). The molecule has 0 aliphatic heterocycles. The highest BCUT2D eigenvalue weighted by atomic mass is 32.1. The summed E-state index contributed by atoms with van der Waals surface area (Å²) in [5.41, 5.74) is 0.445. The van der Waals surface area contributed by atoms with Gasteiger partial charge in [-0.1, -0.05) is 30.3 Å². The Labute approximate surface area is 106 Å². The van der Waals surface area contributed by atoms with Crippen molar-refractivity contribution in [1.82, 2.24) is 0 Å². The van der Waals surface area contributed by atoms with E-state index in [9.17, 15) is 4.79 Å². The van der Waals surface area contributed by atoms with E-state index in [4.69, 9.17) is 4.42 Å². The van der Waals surface area contributed by atoms with Crippen molar-refractivity contribution in [2.75, 3.05) is 0 Å². The van der Waals surface area contributed by atoms with E-state index in [0.717, 1.165) is 20.2 Å². The molecule has 0 atom stereocenters. The summed E-state index contributed by atoms with van der Waals surface area (Å²) in [7, 11) is 0. The van der Waals surface area contributed by atoms with Gasteiger partial charge in [0.15, 0.2) is 5.58 Å². The lowest BCUT2D eigenvalue weighted by Crippen LogP contribution is -1.97. The van der Waals surface area contributed by atoms with E-state index in [-0.39, 0.29) is 5.63 Å². The number of hydrogen-bond donors (Lipinski definition) is 0. The molecule has 0 radical (unpaired) electrons. The van der Waals surface area contributed by atoms with Crippen LogP contribution in [-0.4, -0.2) is 0 Å². The molecule has 2 nitrogen and oxygen atoms in total. The number of fused-ring (bicyclic) bond motifs is 5. The standard InChI is InChI=1S/C15H8O2S/c16-15-10-6-2-1-5-9(10)14-13(17-15)11-7-3-4-8-12(11)18-14/h1-8H. The van der Waals surface area contributed by atoms with Gasteiger partial charge in [-0.05, 0) is 18.2 Å². The van der Waals surface area contributed by atoms with E-state index in [1.165, 1.54) is 0 Å². The van der Waals surface area contributed by atoms with Gasteiger partial charge in [-0.3, -0.25) is 0 Å². The lowest BCUT2D eigenvalue weighted by Gasteiger charge is -1.96. The molecule has 2 aromatic heterocycles. The maximum absolute atomic E-state index is 12.0. The van der Waals surface area contributed by atoms with Gasteiger partial charge >= 0.3 is 5.63 Å². The number of thiophene rings is 1. The highest BCUT2D eigenvalue weighted by molar-refractivity contribution is 7.26. The van der Waals surface area contributed by atoms with E-state index in [1.807, 2.05) is 42.5 Å². The summed E-state index contributed by atoms with van der Waals surface area (Å²) in [6.07, 6.45) is 0. The van der Waals surface area contributed by atoms with Crippen LogP contribution in [0.1, 0.15) is 0 Å². The molecule has 4 aromatic rings. The van der Waals surface area contributed by atoms with E-state index < -0.39 is 0 Å². The van der Waals surface area contributed by atoms with Crippen LogP contribution in [0.4, 0.5) is 0 Å². The zero-order valence-corrected chi connectivity index (χ0v) is 10.2. The summed E-state index contributed by atoms with van der Waals surface area (Å²) in [5.74, 6) is 0. The monoisotopic (exact) mass is 252 g/mol. The summed E-state index contributed by atoms with van der Waals surface area (Å²) in [5, 5.41) is 2.64. The molecule has 0 aliphatic rings. The Balaban J connectivity index is 2.40. The zero-order valence-electron chi connectivity index (χ0n) is 9.34. The van der Waals surface area contributed by atoms with Crippen LogP contribution >= 0.6 is 11.3 Å². The summed E-state index contributed by atoms with van der Waals surface area (Å²) in [4.78, 5) is 12.0. The molecule has 2 heterocycles. The van der Waals surface area contributed by atoms with E-state index in [1.54, 1.807) is 11.3 Å². The third-order valence-corrected chi connectivity index (χ3v) is 4.32. The van der Waals surface area contributed by atoms with Gasteiger partial charge in [-0.25, -0.2) is 4.79 Å². The Hall–Kier alpha value is -2.13. The molecular formula is C15H8O2S. The third-order valence-electron chi connectivity index (χ3n) is 3.14. The average molecular weight is 252 g/mol. The van der Waals surface area contributed by atoms with Crippen molar-refractivity contribution in [3.63, 3.8) is 0 Å². The number of rotatable bonds is 0. The molecule has 0 saturated heterocycles. The first-order valence-electron chi connectivity index (χ1n) is 5.68. The third kappa shape index (κ3) is 1.19. The van der Waals surface area contributed by atoms with Crippen LogP contribution in [-0.2, 0) is 0 Å². The largest absolute Gasteiger partial charge is 0.421 e. The zero-order chi connectivity index (χ0) is 12.1. The second kappa shape index (κ2) is 3.43. The fraction of sp³-hybridized carbons (Fsp3) is 0. The Bertz CT molecular complexity index is 947. The fourth-order valence-corrected chi connectivity index (χ4v) is 3.48. The minimum Gasteiger partial charge on any atom is -0.421 e. The first kappa shape index (κ1) is 9.85. The summed E-state index contributed by atoms with van der Waals surface area (Å²) in [6.45, 7) is 0. The second-order valence-electron chi connectivity index (χ2n) is 4.19. The minimum atomic E-state index is -0.262. The molecule has 0 aliphatic carbocycles. The molecule has 86 valence electrons. The normalized spacial score (nSPS) is 11.6. The van der Waals surface area contributed by atoms with Gasteiger partial charge < -0.3 is 4.42 Å². The molecule has 0 fully saturated rings. The average Bonchev–Trinajstić information content (AvgIpc) is 2.78. The van der Waals surface area contributed by atoms with Gasteiger partial charge in [0.25, 0.3) is 0 Å². The molecule has 3 heteroatoms. The maximum atomic E-state index is 12.0. The highest BCUT2D eigenvalue weighted by Gasteiger charge is 2.12. The van der Waals surface area contributed by atoms with Crippen molar-refractivity contribution in [3.8, 4) is 0 Å². The van der Waals surface area contributed by atoms with Gasteiger partial charge in [-0.15, -0.1) is 11.3 Å². The summed E-state index contributed by atoms with van der Waals surface area (Å²) < 4.78 is 7.68. The van der Waals surface area contributed by atoms with Crippen molar-refractivity contribution in [3.05, 3.63) is 59.0 Å². The maximum Gasteiger partial charge on any atom is 0.344 e. The van der Waals surface area contributed by atoms with Crippen LogP contribution in [0.5, 0.6) is 0 Å². The van der Waals surface area contributed by atoms with E-state index in [2.05, 4.69) is 6.07 Å². The topological polar surface area (TPSA) is 30.2 Å². The minimum absolute atomic E-state index is 0.262. The Morgan fingerprint density at radius 2 is 1.50 bits per heavy atom. The van der Waals surface area contributed by atoms with Crippen molar-refractivity contribution in [2.24, 2.45) is 0 Å². The lowest BCUT2D eigenvalue weighted by atomic mass is 10.1. The van der Waals surface area contributed by atoms with Gasteiger partial charge in [0.05, 0.1) is 10.1 Å². The SMILES string of the molecule is O=c1oc2c3ccccc3sc2c2ccccc12.